The average molecular weight is 435 g/mol. The molecule has 4 N–H and O–H groups in total. The zero-order valence-electron chi connectivity index (χ0n) is 20.1. The molecule has 0 aliphatic heterocycles. The van der Waals surface area contributed by atoms with Crippen LogP contribution in [0.2, 0.25) is 0 Å². The SMILES string of the molecule is C[C@@H](CO)CC[C@@H](O)[C@@H](C)[C@H]1[C@@H](O)C[C@H]2[C@@H]3CC=C4C[C@@H](O)CC[C@]4(C)[C@H]3CC[C@]12C. The highest BCUT2D eigenvalue weighted by Crippen LogP contribution is 2.67. The van der Waals surface area contributed by atoms with Crippen LogP contribution in [0.4, 0.5) is 0 Å². The number of rotatable bonds is 6. The standard InChI is InChI=1S/C27H46O4/c1-16(15-28)5-8-23(30)17(2)25-24(31)14-22-20-7-6-18-13-19(29)9-11-26(18,3)21(20)10-12-27(22,25)4/h6,16-17,19-25,28-31H,5,7-15H2,1-4H3/t16-,17-,19+,20-,21+,22+,23-,24+,25+,26+,27+/m1/s1. The molecule has 0 saturated heterocycles. The van der Waals surface area contributed by atoms with Crippen molar-refractivity contribution in [3.05, 3.63) is 11.6 Å². The predicted octanol–water partition coefficient (Wildman–Crippen LogP) is 4.30. The first-order chi connectivity index (χ1) is 14.6. The Morgan fingerprint density at radius 1 is 1.06 bits per heavy atom. The zero-order valence-corrected chi connectivity index (χ0v) is 20.1. The summed E-state index contributed by atoms with van der Waals surface area (Å²) in [4.78, 5) is 0. The van der Waals surface area contributed by atoms with Crippen LogP contribution in [-0.2, 0) is 0 Å². The number of aliphatic hydroxyl groups excluding tert-OH is 4. The molecule has 0 heterocycles. The number of allylic oxidation sites excluding steroid dienone is 1. The molecule has 0 aromatic heterocycles. The van der Waals surface area contributed by atoms with Crippen LogP contribution in [0.5, 0.6) is 0 Å². The summed E-state index contributed by atoms with van der Waals surface area (Å²) < 4.78 is 0. The maximum atomic E-state index is 11.2. The first-order valence-electron chi connectivity index (χ1n) is 13.0. The highest BCUT2D eigenvalue weighted by atomic mass is 16.3. The van der Waals surface area contributed by atoms with Gasteiger partial charge in [-0.3, -0.25) is 0 Å². The maximum Gasteiger partial charge on any atom is 0.0580 e. The van der Waals surface area contributed by atoms with Gasteiger partial charge in [-0.25, -0.2) is 0 Å². The molecule has 11 atom stereocenters. The summed E-state index contributed by atoms with van der Waals surface area (Å²) >= 11 is 0. The van der Waals surface area contributed by atoms with Crippen molar-refractivity contribution in [3.63, 3.8) is 0 Å². The van der Waals surface area contributed by atoms with Crippen molar-refractivity contribution < 1.29 is 20.4 Å². The molecular weight excluding hydrogens is 388 g/mol. The topological polar surface area (TPSA) is 80.9 Å². The highest BCUT2D eigenvalue weighted by Gasteiger charge is 2.62. The van der Waals surface area contributed by atoms with Gasteiger partial charge < -0.3 is 20.4 Å². The molecule has 4 rings (SSSR count). The van der Waals surface area contributed by atoms with Crippen molar-refractivity contribution >= 4 is 0 Å². The van der Waals surface area contributed by atoms with Gasteiger partial charge in [0.15, 0.2) is 0 Å². The van der Waals surface area contributed by atoms with Crippen molar-refractivity contribution in [2.45, 2.75) is 104 Å². The van der Waals surface area contributed by atoms with E-state index in [1.165, 1.54) is 12.0 Å². The number of fused-ring (bicyclic) bond motifs is 5. The van der Waals surface area contributed by atoms with Crippen LogP contribution in [0, 0.1) is 46.3 Å². The molecule has 4 aliphatic rings. The van der Waals surface area contributed by atoms with E-state index in [0.29, 0.717) is 24.2 Å². The minimum absolute atomic E-state index is 0.0718. The molecule has 0 bridgehead atoms. The van der Waals surface area contributed by atoms with E-state index in [1.54, 1.807) is 0 Å². The lowest BCUT2D eigenvalue weighted by Crippen LogP contribution is -2.51. The third kappa shape index (κ3) is 3.94. The van der Waals surface area contributed by atoms with Gasteiger partial charge in [0.1, 0.15) is 0 Å². The van der Waals surface area contributed by atoms with Crippen LogP contribution in [0.15, 0.2) is 11.6 Å². The molecule has 31 heavy (non-hydrogen) atoms. The van der Waals surface area contributed by atoms with E-state index in [2.05, 4.69) is 26.8 Å². The number of hydrogen-bond acceptors (Lipinski definition) is 4. The molecule has 178 valence electrons. The summed E-state index contributed by atoms with van der Waals surface area (Å²) in [6, 6.07) is 0. The minimum atomic E-state index is -0.419. The van der Waals surface area contributed by atoms with Crippen LogP contribution >= 0.6 is 0 Å². The predicted molar refractivity (Wildman–Crippen MR) is 123 cm³/mol. The lowest BCUT2D eigenvalue weighted by atomic mass is 9.47. The molecule has 4 aliphatic carbocycles. The summed E-state index contributed by atoms with van der Waals surface area (Å²) in [6.07, 6.45) is 10.2. The maximum absolute atomic E-state index is 11.2. The third-order valence-corrected chi connectivity index (χ3v) is 10.6. The Kier molecular flexibility index (Phi) is 6.69. The fourth-order valence-corrected chi connectivity index (χ4v) is 8.69. The molecule has 3 fully saturated rings. The van der Waals surface area contributed by atoms with Crippen LogP contribution < -0.4 is 0 Å². The first-order valence-corrected chi connectivity index (χ1v) is 13.0. The quantitative estimate of drug-likeness (QED) is 0.470. The van der Waals surface area contributed by atoms with E-state index in [1.807, 2.05) is 6.92 Å². The van der Waals surface area contributed by atoms with Crippen LogP contribution in [0.1, 0.15) is 85.5 Å². The van der Waals surface area contributed by atoms with E-state index in [-0.39, 0.29) is 47.4 Å². The minimum Gasteiger partial charge on any atom is -0.396 e. The van der Waals surface area contributed by atoms with Crippen molar-refractivity contribution in [2.24, 2.45) is 46.3 Å². The molecule has 0 aromatic carbocycles. The van der Waals surface area contributed by atoms with Gasteiger partial charge in [0.2, 0.25) is 0 Å². The Balaban J connectivity index is 1.53. The zero-order chi connectivity index (χ0) is 22.6. The smallest absolute Gasteiger partial charge is 0.0580 e. The van der Waals surface area contributed by atoms with E-state index in [9.17, 15) is 20.4 Å². The molecule has 0 spiro atoms. The Labute approximate surface area is 189 Å². The Morgan fingerprint density at radius 2 is 1.81 bits per heavy atom. The summed E-state index contributed by atoms with van der Waals surface area (Å²) in [5.74, 6) is 2.22. The molecular formula is C27H46O4. The fourth-order valence-electron chi connectivity index (χ4n) is 8.69. The lowest BCUT2D eigenvalue weighted by molar-refractivity contribution is -0.0770. The highest BCUT2D eigenvalue weighted by molar-refractivity contribution is 5.25. The van der Waals surface area contributed by atoms with E-state index in [0.717, 1.165) is 44.9 Å². The summed E-state index contributed by atoms with van der Waals surface area (Å²) in [6.45, 7) is 9.18. The van der Waals surface area contributed by atoms with E-state index in [4.69, 9.17) is 0 Å². The van der Waals surface area contributed by atoms with Crippen molar-refractivity contribution in [1.29, 1.82) is 0 Å². The summed E-state index contributed by atoms with van der Waals surface area (Å²) in [5.41, 5.74) is 1.80. The second kappa shape index (κ2) is 8.74. The Bertz CT molecular complexity index is 676. The summed E-state index contributed by atoms with van der Waals surface area (Å²) in [5, 5.41) is 41.8. The lowest BCUT2D eigenvalue weighted by Gasteiger charge is -2.58. The molecule has 4 nitrogen and oxygen atoms in total. The van der Waals surface area contributed by atoms with Gasteiger partial charge in [-0.05, 0) is 104 Å². The van der Waals surface area contributed by atoms with Crippen LogP contribution in [0.3, 0.4) is 0 Å². The molecule has 0 amide bonds. The van der Waals surface area contributed by atoms with Crippen LogP contribution in [0.25, 0.3) is 0 Å². The first kappa shape index (κ1) is 23.7. The largest absolute Gasteiger partial charge is 0.396 e. The van der Waals surface area contributed by atoms with Crippen molar-refractivity contribution in [3.8, 4) is 0 Å². The summed E-state index contributed by atoms with van der Waals surface area (Å²) in [7, 11) is 0. The van der Waals surface area contributed by atoms with Gasteiger partial charge in [0.25, 0.3) is 0 Å². The molecule has 0 radical (unpaired) electrons. The number of hydrogen-bond donors (Lipinski definition) is 4. The van der Waals surface area contributed by atoms with Gasteiger partial charge in [0, 0.05) is 6.61 Å². The second-order valence-corrected chi connectivity index (χ2v) is 12.3. The van der Waals surface area contributed by atoms with Gasteiger partial charge in [-0.2, -0.15) is 0 Å². The fraction of sp³-hybridized carbons (Fsp3) is 0.926. The van der Waals surface area contributed by atoms with Crippen molar-refractivity contribution in [1.82, 2.24) is 0 Å². The van der Waals surface area contributed by atoms with Gasteiger partial charge in [-0.1, -0.05) is 39.3 Å². The molecule has 4 heteroatoms. The normalized spacial score (nSPS) is 47.5. The van der Waals surface area contributed by atoms with E-state index < -0.39 is 6.10 Å². The van der Waals surface area contributed by atoms with E-state index >= 15 is 0 Å². The van der Waals surface area contributed by atoms with Crippen molar-refractivity contribution in [2.75, 3.05) is 6.61 Å². The monoisotopic (exact) mass is 434 g/mol. The second-order valence-electron chi connectivity index (χ2n) is 12.3. The van der Waals surface area contributed by atoms with Gasteiger partial charge >= 0.3 is 0 Å². The Morgan fingerprint density at radius 3 is 2.52 bits per heavy atom. The van der Waals surface area contributed by atoms with Crippen LogP contribution in [-0.4, -0.2) is 45.3 Å². The molecule has 3 saturated carbocycles. The third-order valence-electron chi connectivity index (χ3n) is 10.6. The number of aliphatic hydroxyl groups is 4. The Hall–Kier alpha value is -0.420. The average Bonchev–Trinajstić information content (AvgIpc) is 3.01. The van der Waals surface area contributed by atoms with Gasteiger partial charge in [0.05, 0.1) is 18.3 Å². The molecule has 0 unspecified atom stereocenters. The van der Waals surface area contributed by atoms with Gasteiger partial charge in [-0.15, -0.1) is 0 Å². The molecule has 0 aromatic rings.